The molecule has 58 valence electrons. The Bertz CT molecular complexity index is 268. The average molecular weight is 147 g/mol. The summed E-state index contributed by atoms with van der Waals surface area (Å²) in [5, 5.41) is 0. The third kappa shape index (κ3) is 0.661. The van der Waals surface area contributed by atoms with Crippen LogP contribution in [0.1, 0.15) is 29.8 Å². The zero-order chi connectivity index (χ0) is 7.26. The third-order valence-electron chi connectivity index (χ3n) is 3.06. The molecule has 1 aromatic heterocycles. The van der Waals surface area contributed by atoms with E-state index in [4.69, 9.17) is 0 Å². The van der Waals surface area contributed by atoms with Crippen LogP contribution in [-0.4, -0.2) is 4.57 Å². The van der Waals surface area contributed by atoms with E-state index >= 15 is 0 Å². The smallest absolute Gasteiger partial charge is 0.0228 e. The van der Waals surface area contributed by atoms with Gasteiger partial charge in [0.15, 0.2) is 0 Å². The van der Waals surface area contributed by atoms with Crippen LogP contribution < -0.4 is 0 Å². The third-order valence-corrected chi connectivity index (χ3v) is 3.06. The number of fused-ring (bicyclic) bond motifs is 3. The highest BCUT2D eigenvalue weighted by atomic mass is 15.0. The van der Waals surface area contributed by atoms with E-state index in [1.165, 1.54) is 38.6 Å². The van der Waals surface area contributed by atoms with Gasteiger partial charge in [0, 0.05) is 17.9 Å². The van der Waals surface area contributed by atoms with Crippen LogP contribution in [0.5, 0.6) is 0 Å². The van der Waals surface area contributed by atoms with E-state index in [1.807, 2.05) is 0 Å². The summed E-state index contributed by atoms with van der Waals surface area (Å²) in [6.45, 7) is 1.30. The van der Waals surface area contributed by atoms with Gasteiger partial charge in [-0.2, -0.15) is 0 Å². The molecule has 3 rings (SSSR count). The first kappa shape index (κ1) is 5.87. The summed E-state index contributed by atoms with van der Waals surface area (Å²) in [5.74, 6) is 0. The molecule has 0 amide bonds. The monoisotopic (exact) mass is 147 g/mol. The first-order chi connectivity index (χ1) is 5.45. The normalized spacial score (nSPS) is 20.4. The van der Waals surface area contributed by atoms with Crippen molar-refractivity contribution in [1.29, 1.82) is 0 Å². The quantitative estimate of drug-likeness (QED) is 0.528. The molecule has 11 heavy (non-hydrogen) atoms. The molecule has 0 radical (unpaired) electrons. The van der Waals surface area contributed by atoms with Crippen molar-refractivity contribution < 1.29 is 0 Å². The van der Waals surface area contributed by atoms with Crippen molar-refractivity contribution in [3.63, 3.8) is 0 Å². The Kier molecular flexibility index (Phi) is 1.02. The van der Waals surface area contributed by atoms with Crippen LogP contribution in [0.3, 0.4) is 0 Å². The first-order valence-electron chi connectivity index (χ1n) is 4.65. The van der Waals surface area contributed by atoms with E-state index in [9.17, 15) is 0 Å². The molecule has 1 aromatic rings. The highest BCUT2D eigenvalue weighted by Crippen LogP contribution is 2.29. The van der Waals surface area contributed by atoms with E-state index in [1.54, 1.807) is 17.0 Å². The molecule has 0 saturated carbocycles. The molecular formula is C10H13N. The van der Waals surface area contributed by atoms with Crippen molar-refractivity contribution in [1.82, 2.24) is 4.57 Å². The topological polar surface area (TPSA) is 4.93 Å². The van der Waals surface area contributed by atoms with Gasteiger partial charge in [0.1, 0.15) is 0 Å². The molecule has 0 fully saturated rings. The predicted octanol–water partition coefficient (Wildman–Crippen LogP) is 1.92. The van der Waals surface area contributed by atoms with E-state index < -0.39 is 0 Å². The summed E-state index contributed by atoms with van der Waals surface area (Å²) in [6, 6.07) is 2.44. The second kappa shape index (κ2) is 1.90. The lowest BCUT2D eigenvalue weighted by molar-refractivity contribution is 0.708. The van der Waals surface area contributed by atoms with Crippen molar-refractivity contribution >= 4 is 0 Å². The van der Waals surface area contributed by atoms with Gasteiger partial charge < -0.3 is 4.57 Å². The molecule has 1 nitrogen and oxygen atoms in total. The average Bonchev–Trinajstić information content (AvgIpc) is 2.52. The van der Waals surface area contributed by atoms with Gasteiger partial charge in [-0.3, -0.25) is 0 Å². The molecule has 0 saturated heterocycles. The summed E-state index contributed by atoms with van der Waals surface area (Å²) in [4.78, 5) is 0. The molecule has 1 aliphatic carbocycles. The molecule has 2 heterocycles. The zero-order valence-electron chi connectivity index (χ0n) is 6.77. The number of hydrogen-bond donors (Lipinski definition) is 0. The predicted molar refractivity (Wildman–Crippen MR) is 44.8 cm³/mol. The Morgan fingerprint density at radius 2 is 2.09 bits per heavy atom. The second-order valence-electron chi connectivity index (χ2n) is 3.72. The Hall–Kier alpha value is -0.720. The minimum Gasteiger partial charge on any atom is -0.348 e. The van der Waals surface area contributed by atoms with E-state index in [-0.39, 0.29) is 0 Å². The molecule has 2 aliphatic rings. The standard InChI is InChI=1S/C10H13N/c1-3-8-7-9-4-2-6-11(9)10(8)5-1/h7H,1-6H2. The lowest BCUT2D eigenvalue weighted by atomic mass is 10.2. The molecule has 0 atom stereocenters. The molecule has 1 heteroatoms. The van der Waals surface area contributed by atoms with Crippen molar-refractivity contribution in [2.24, 2.45) is 0 Å². The van der Waals surface area contributed by atoms with Gasteiger partial charge in [-0.1, -0.05) is 0 Å². The van der Waals surface area contributed by atoms with Gasteiger partial charge in [0.05, 0.1) is 0 Å². The van der Waals surface area contributed by atoms with Crippen LogP contribution >= 0.6 is 0 Å². The van der Waals surface area contributed by atoms with Crippen molar-refractivity contribution in [3.8, 4) is 0 Å². The largest absolute Gasteiger partial charge is 0.348 e. The number of aryl methyl sites for hydroxylation is 2. The number of hydrogen-bond acceptors (Lipinski definition) is 0. The highest BCUT2D eigenvalue weighted by Gasteiger charge is 2.21. The fraction of sp³-hybridized carbons (Fsp3) is 0.600. The SMILES string of the molecule is c1c2c(n3c1CCC3)CCC2. The van der Waals surface area contributed by atoms with Crippen LogP contribution in [0.25, 0.3) is 0 Å². The lowest BCUT2D eigenvalue weighted by Gasteiger charge is -2.00. The molecule has 1 aliphatic heterocycles. The molecular weight excluding hydrogens is 134 g/mol. The molecule has 0 spiro atoms. The molecule has 0 bridgehead atoms. The maximum absolute atomic E-state index is 2.56. The fourth-order valence-electron chi connectivity index (χ4n) is 2.57. The van der Waals surface area contributed by atoms with Gasteiger partial charge in [-0.15, -0.1) is 0 Å². The summed E-state index contributed by atoms with van der Waals surface area (Å²) >= 11 is 0. The Balaban J connectivity index is 2.22. The first-order valence-corrected chi connectivity index (χ1v) is 4.65. The molecule has 0 aromatic carbocycles. The maximum atomic E-state index is 2.56. The maximum Gasteiger partial charge on any atom is 0.0228 e. The number of aromatic nitrogens is 1. The Labute approximate surface area is 67.0 Å². The minimum absolute atomic E-state index is 1.30. The van der Waals surface area contributed by atoms with Crippen LogP contribution in [0, 0.1) is 0 Å². The van der Waals surface area contributed by atoms with Crippen molar-refractivity contribution in [3.05, 3.63) is 23.0 Å². The second-order valence-corrected chi connectivity index (χ2v) is 3.72. The van der Waals surface area contributed by atoms with Crippen molar-refractivity contribution in [2.75, 3.05) is 0 Å². The summed E-state index contributed by atoms with van der Waals surface area (Å²) < 4.78 is 2.56. The van der Waals surface area contributed by atoms with Crippen LogP contribution in [0.4, 0.5) is 0 Å². The number of rotatable bonds is 0. The molecule has 0 N–H and O–H groups in total. The van der Waals surface area contributed by atoms with Crippen LogP contribution in [0.15, 0.2) is 6.07 Å². The highest BCUT2D eigenvalue weighted by molar-refractivity contribution is 5.33. The fourth-order valence-corrected chi connectivity index (χ4v) is 2.57. The minimum atomic E-state index is 1.30. The van der Waals surface area contributed by atoms with Gasteiger partial charge in [-0.25, -0.2) is 0 Å². The Morgan fingerprint density at radius 3 is 3.09 bits per heavy atom. The van der Waals surface area contributed by atoms with Gasteiger partial charge in [0.2, 0.25) is 0 Å². The summed E-state index contributed by atoms with van der Waals surface area (Å²) in [5.41, 5.74) is 4.92. The summed E-state index contributed by atoms with van der Waals surface area (Å²) in [7, 11) is 0. The van der Waals surface area contributed by atoms with Crippen LogP contribution in [0.2, 0.25) is 0 Å². The summed E-state index contributed by atoms with van der Waals surface area (Å²) in [6.07, 6.45) is 6.78. The lowest BCUT2D eigenvalue weighted by Crippen LogP contribution is -1.96. The van der Waals surface area contributed by atoms with Crippen LogP contribution in [-0.2, 0) is 25.8 Å². The van der Waals surface area contributed by atoms with Gasteiger partial charge in [-0.05, 0) is 43.7 Å². The number of nitrogens with zero attached hydrogens (tertiary/aromatic N) is 1. The zero-order valence-corrected chi connectivity index (χ0v) is 6.77. The van der Waals surface area contributed by atoms with E-state index in [0.29, 0.717) is 0 Å². The molecule has 0 unspecified atom stereocenters. The van der Waals surface area contributed by atoms with Gasteiger partial charge >= 0.3 is 0 Å². The Morgan fingerprint density at radius 1 is 1.09 bits per heavy atom. The van der Waals surface area contributed by atoms with E-state index in [2.05, 4.69) is 10.6 Å². The van der Waals surface area contributed by atoms with Gasteiger partial charge in [0.25, 0.3) is 0 Å². The van der Waals surface area contributed by atoms with Crippen molar-refractivity contribution in [2.45, 2.75) is 38.6 Å². The van der Waals surface area contributed by atoms with E-state index in [0.717, 1.165) is 0 Å².